The summed E-state index contributed by atoms with van der Waals surface area (Å²) in [7, 11) is 0. The van der Waals surface area contributed by atoms with Crippen LogP contribution in [0.2, 0.25) is 0 Å². The number of amides is 2. The molecule has 0 saturated carbocycles. The van der Waals surface area contributed by atoms with Crippen LogP contribution in [0.5, 0.6) is 0 Å². The molecule has 0 saturated heterocycles. The molecule has 2 N–H and O–H groups in total. The lowest BCUT2D eigenvalue weighted by molar-refractivity contribution is 0.237. The van der Waals surface area contributed by atoms with E-state index in [0.717, 1.165) is 12.0 Å². The molecule has 16 heavy (non-hydrogen) atoms. The quantitative estimate of drug-likeness (QED) is 0.810. The fraction of sp³-hybridized carbons (Fsp3) is 0.417. The second-order valence-electron chi connectivity index (χ2n) is 3.77. The number of benzene rings is 1. The third-order valence-corrected chi connectivity index (χ3v) is 2.33. The molecule has 88 valence electrons. The fourth-order valence-corrected chi connectivity index (χ4v) is 1.21. The molecule has 1 aromatic rings. The highest BCUT2D eigenvalue weighted by Crippen LogP contribution is 2.02. The summed E-state index contributed by atoms with van der Waals surface area (Å²) in [4.78, 5) is 11.4. The van der Waals surface area contributed by atoms with E-state index in [2.05, 4.69) is 10.6 Å². The molecule has 4 heteroatoms. The van der Waals surface area contributed by atoms with E-state index in [9.17, 15) is 9.18 Å². The topological polar surface area (TPSA) is 41.1 Å². The molecule has 0 heterocycles. The summed E-state index contributed by atoms with van der Waals surface area (Å²) in [5.74, 6) is -0.290. The Hall–Kier alpha value is -1.58. The van der Waals surface area contributed by atoms with Gasteiger partial charge < -0.3 is 10.6 Å². The maximum atomic E-state index is 12.8. The standard InChI is InChI=1S/C12H17FN2O/c1-3-9(2)15-12(16)14-8-10-5-4-6-11(13)7-10/h4-7,9H,3,8H2,1-2H3,(H2,14,15,16). The van der Waals surface area contributed by atoms with E-state index in [4.69, 9.17) is 0 Å². The Labute approximate surface area is 95.0 Å². The van der Waals surface area contributed by atoms with Gasteiger partial charge in [-0.3, -0.25) is 0 Å². The average Bonchev–Trinajstić information content (AvgIpc) is 2.26. The van der Waals surface area contributed by atoms with Gasteiger partial charge in [0.15, 0.2) is 0 Å². The van der Waals surface area contributed by atoms with Crippen LogP contribution in [0.15, 0.2) is 24.3 Å². The Morgan fingerprint density at radius 2 is 2.25 bits per heavy atom. The molecule has 0 aliphatic rings. The van der Waals surface area contributed by atoms with Gasteiger partial charge in [0, 0.05) is 12.6 Å². The second kappa shape index (κ2) is 6.10. The first-order valence-electron chi connectivity index (χ1n) is 5.40. The van der Waals surface area contributed by atoms with E-state index in [1.54, 1.807) is 12.1 Å². The summed E-state index contributed by atoms with van der Waals surface area (Å²) >= 11 is 0. The molecule has 3 nitrogen and oxygen atoms in total. The van der Waals surface area contributed by atoms with E-state index in [1.807, 2.05) is 13.8 Å². The molecule has 0 bridgehead atoms. The van der Waals surface area contributed by atoms with Crippen LogP contribution in [-0.2, 0) is 6.54 Å². The number of carbonyl (C=O) groups excluding carboxylic acids is 1. The maximum Gasteiger partial charge on any atom is 0.315 e. The van der Waals surface area contributed by atoms with Crippen molar-refractivity contribution < 1.29 is 9.18 Å². The molecule has 0 radical (unpaired) electrons. The van der Waals surface area contributed by atoms with Crippen LogP contribution in [0.3, 0.4) is 0 Å². The molecular weight excluding hydrogens is 207 g/mol. The Morgan fingerprint density at radius 1 is 1.50 bits per heavy atom. The largest absolute Gasteiger partial charge is 0.336 e. The summed E-state index contributed by atoms with van der Waals surface area (Å²) < 4.78 is 12.8. The van der Waals surface area contributed by atoms with Gasteiger partial charge in [0.1, 0.15) is 5.82 Å². The molecule has 0 fully saturated rings. The van der Waals surface area contributed by atoms with E-state index in [-0.39, 0.29) is 17.9 Å². The monoisotopic (exact) mass is 224 g/mol. The van der Waals surface area contributed by atoms with Crippen molar-refractivity contribution in [3.8, 4) is 0 Å². The summed E-state index contributed by atoms with van der Waals surface area (Å²) in [5, 5.41) is 5.45. The van der Waals surface area contributed by atoms with Crippen molar-refractivity contribution in [3.05, 3.63) is 35.6 Å². The minimum atomic E-state index is -0.290. The van der Waals surface area contributed by atoms with Gasteiger partial charge in [0.05, 0.1) is 0 Å². The Balaban J connectivity index is 2.37. The first kappa shape index (κ1) is 12.5. The first-order chi connectivity index (χ1) is 7.61. The lowest BCUT2D eigenvalue weighted by Crippen LogP contribution is -2.40. The van der Waals surface area contributed by atoms with Crippen LogP contribution in [0.4, 0.5) is 9.18 Å². The molecule has 1 unspecified atom stereocenters. The van der Waals surface area contributed by atoms with Gasteiger partial charge in [-0.2, -0.15) is 0 Å². The van der Waals surface area contributed by atoms with Crippen LogP contribution < -0.4 is 10.6 Å². The highest BCUT2D eigenvalue weighted by Gasteiger charge is 2.04. The van der Waals surface area contributed by atoms with Crippen LogP contribution in [0, 0.1) is 5.82 Å². The normalized spacial score (nSPS) is 11.9. The van der Waals surface area contributed by atoms with Crippen LogP contribution in [0.25, 0.3) is 0 Å². The number of hydrogen-bond donors (Lipinski definition) is 2. The molecule has 0 spiro atoms. The number of carbonyl (C=O) groups is 1. The predicted octanol–water partition coefficient (Wildman–Crippen LogP) is 2.42. The van der Waals surface area contributed by atoms with Gasteiger partial charge in [0.2, 0.25) is 0 Å². The number of rotatable bonds is 4. The van der Waals surface area contributed by atoms with Crippen LogP contribution in [0.1, 0.15) is 25.8 Å². The van der Waals surface area contributed by atoms with Gasteiger partial charge in [-0.1, -0.05) is 19.1 Å². The lowest BCUT2D eigenvalue weighted by Gasteiger charge is -2.12. The lowest BCUT2D eigenvalue weighted by atomic mass is 10.2. The molecule has 0 aliphatic heterocycles. The Morgan fingerprint density at radius 3 is 2.88 bits per heavy atom. The van der Waals surface area contributed by atoms with Gasteiger partial charge >= 0.3 is 6.03 Å². The van der Waals surface area contributed by atoms with Gasteiger partial charge in [-0.05, 0) is 31.0 Å². The predicted molar refractivity (Wildman–Crippen MR) is 61.5 cm³/mol. The van der Waals surface area contributed by atoms with Crippen molar-refractivity contribution in [1.29, 1.82) is 0 Å². The SMILES string of the molecule is CCC(C)NC(=O)NCc1cccc(F)c1. The van der Waals surface area contributed by atoms with Crippen LogP contribution in [-0.4, -0.2) is 12.1 Å². The number of halogens is 1. The fourth-order valence-electron chi connectivity index (χ4n) is 1.21. The highest BCUT2D eigenvalue weighted by molar-refractivity contribution is 5.74. The minimum Gasteiger partial charge on any atom is -0.336 e. The zero-order chi connectivity index (χ0) is 12.0. The molecule has 0 aromatic heterocycles. The van der Waals surface area contributed by atoms with Crippen molar-refractivity contribution in [2.45, 2.75) is 32.9 Å². The number of nitrogens with one attached hydrogen (secondary N) is 2. The summed E-state index contributed by atoms with van der Waals surface area (Å²) in [6, 6.07) is 6.10. The summed E-state index contributed by atoms with van der Waals surface area (Å²) in [5.41, 5.74) is 0.749. The van der Waals surface area contributed by atoms with Gasteiger partial charge in [-0.25, -0.2) is 9.18 Å². The third-order valence-electron chi connectivity index (χ3n) is 2.33. The van der Waals surface area contributed by atoms with Gasteiger partial charge in [0.25, 0.3) is 0 Å². The zero-order valence-electron chi connectivity index (χ0n) is 9.59. The summed E-state index contributed by atoms with van der Waals surface area (Å²) in [6.45, 7) is 4.26. The minimum absolute atomic E-state index is 0.146. The maximum absolute atomic E-state index is 12.8. The van der Waals surface area contributed by atoms with Crippen molar-refractivity contribution in [1.82, 2.24) is 10.6 Å². The molecule has 1 atom stereocenters. The van der Waals surface area contributed by atoms with Gasteiger partial charge in [-0.15, -0.1) is 0 Å². The second-order valence-corrected chi connectivity index (χ2v) is 3.77. The van der Waals surface area contributed by atoms with Crippen LogP contribution >= 0.6 is 0 Å². The van der Waals surface area contributed by atoms with Crippen molar-refractivity contribution >= 4 is 6.03 Å². The number of hydrogen-bond acceptors (Lipinski definition) is 1. The number of urea groups is 1. The van der Waals surface area contributed by atoms with Crippen molar-refractivity contribution in [2.24, 2.45) is 0 Å². The van der Waals surface area contributed by atoms with Crippen molar-refractivity contribution in [2.75, 3.05) is 0 Å². The molecule has 0 aliphatic carbocycles. The Bertz CT molecular complexity index is 355. The van der Waals surface area contributed by atoms with E-state index in [0.29, 0.717) is 6.54 Å². The van der Waals surface area contributed by atoms with Crippen molar-refractivity contribution in [3.63, 3.8) is 0 Å². The van der Waals surface area contributed by atoms with E-state index in [1.165, 1.54) is 12.1 Å². The first-order valence-corrected chi connectivity index (χ1v) is 5.40. The smallest absolute Gasteiger partial charge is 0.315 e. The molecule has 1 rings (SSSR count). The third kappa shape index (κ3) is 4.29. The molecule has 2 amide bonds. The average molecular weight is 224 g/mol. The zero-order valence-corrected chi connectivity index (χ0v) is 9.59. The van der Waals surface area contributed by atoms with E-state index < -0.39 is 0 Å². The van der Waals surface area contributed by atoms with E-state index >= 15 is 0 Å². The highest BCUT2D eigenvalue weighted by atomic mass is 19.1. The molecular formula is C12H17FN2O. The molecule has 1 aromatic carbocycles. The summed E-state index contributed by atoms with van der Waals surface area (Å²) in [6.07, 6.45) is 0.882. The Kier molecular flexibility index (Phi) is 4.76.